The van der Waals surface area contributed by atoms with Crippen LogP contribution in [0.2, 0.25) is 5.02 Å². The molecule has 51 heavy (non-hydrogen) atoms. The minimum absolute atomic E-state index is 0.00567. The molecule has 0 unspecified atom stereocenters. The van der Waals surface area contributed by atoms with E-state index in [1.54, 1.807) is 31.2 Å². The SMILES string of the molecule is CC(C)C[C@H]1NC(=O)c2coc(n2)[C@H](Cc2ccccc2)NC(=O)[C@@H]2C[C@H](NC(=O)c3ccc(Cl)cc3)CN2C(=O)c2coc(n2)[C@@H](C)NC1=O. The highest BCUT2D eigenvalue weighted by atomic mass is 35.5. The standard InChI is InChI=1S/C36H38ClN7O7/c1-19(2)13-25-31(46)38-20(3)34-43-28(18-50-34)36(49)44-16-24(39-30(45)22-9-11-23(37)12-10-22)15-29(44)33(48)41-26(14-21-7-5-4-6-8-21)35-42-27(17-51-35)32(47)40-25/h4-12,17-20,24-26,29H,13-16H2,1-3H3,(H,38,46)(H,39,45)(H,40,47)(H,41,48)/t20-,24+,25-,26+,29+/m1/s1. The van der Waals surface area contributed by atoms with Gasteiger partial charge in [0.2, 0.25) is 23.6 Å². The predicted molar refractivity (Wildman–Crippen MR) is 183 cm³/mol. The Labute approximate surface area is 298 Å². The van der Waals surface area contributed by atoms with Crippen LogP contribution in [0.25, 0.3) is 0 Å². The zero-order valence-electron chi connectivity index (χ0n) is 28.2. The fraction of sp³-hybridized carbons (Fsp3) is 0.361. The summed E-state index contributed by atoms with van der Waals surface area (Å²) < 4.78 is 11.4. The number of fused-ring (bicyclic) bond motifs is 5. The summed E-state index contributed by atoms with van der Waals surface area (Å²) in [6, 6.07) is 11.5. The summed E-state index contributed by atoms with van der Waals surface area (Å²) in [6.07, 6.45) is 3.00. The Morgan fingerprint density at radius 1 is 0.902 bits per heavy atom. The number of halogens is 1. The Kier molecular flexibility index (Phi) is 10.5. The van der Waals surface area contributed by atoms with E-state index in [2.05, 4.69) is 31.2 Å². The molecule has 2 aliphatic heterocycles. The molecule has 2 aromatic heterocycles. The predicted octanol–water partition coefficient (Wildman–Crippen LogP) is 3.76. The number of carbonyl (C=O) groups is 5. The number of amides is 5. The molecule has 0 radical (unpaired) electrons. The van der Waals surface area contributed by atoms with Crippen molar-refractivity contribution in [1.29, 1.82) is 0 Å². The van der Waals surface area contributed by atoms with Gasteiger partial charge < -0.3 is 35.0 Å². The molecule has 1 saturated heterocycles. The van der Waals surface area contributed by atoms with Crippen LogP contribution in [0, 0.1) is 5.92 Å². The summed E-state index contributed by atoms with van der Waals surface area (Å²) in [5, 5.41) is 11.9. The fourth-order valence-corrected chi connectivity index (χ4v) is 6.32. The quantitative estimate of drug-likeness (QED) is 0.230. The number of hydrogen-bond acceptors (Lipinski definition) is 9. The topological polar surface area (TPSA) is 189 Å². The van der Waals surface area contributed by atoms with Crippen molar-refractivity contribution in [2.45, 2.75) is 70.2 Å². The molecule has 2 aromatic carbocycles. The average Bonchev–Trinajstić information content (AvgIpc) is 3.88. The van der Waals surface area contributed by atoms with E-state index in [1.807, 2.05) is 44.2 Å². The van der Waals surface area contributed by atoms with Gasteiger partial charge in [-0.25, -0.2) is 9.97 Å². The highest BCUT2D eigenvalue weighted by Gasteiger charge is 2.42. The van der Waals surface area contributed by atoms with Crippen molar-refractivity contribution in [3.63, 3.8) is 0 Å². The van der Waals surface area contributed by atoms with Crippen LogP contribution >= 0.6 is 11.6 Å². The van der Waals surface area contributed by atoms with E-state index in [4.69, 9.17) is 20.4 Å². The van der Waals surface area contributed by atoms with E-state index in [0.29, 0.717) is 17.0 Å². The molecule has 2 aliphatic rings. The molecule has 4 heterocycles. The van der Waals surface area contributed by atoms with Crippen LogP contribution in [-0.2, 0) is 16.0 Å². The monoisotopic (exact) mass is 715 g/mol. The maximum Gasteiger partial charge on any atom is 0.276 e. The summed E-state index contributed by atoms with van der Waals surface area (Å²) in [5.74, 6) is -2.47. The normalized spacial score (nSPS) is 22.8. The molecule has 5 amide bonds. The lowest BCUT2D eigenvalue weighted by molar-refractivity contribution is -0.126. The first kappa shape index (κ1) is 35.3. The van der Waals surface area contributed by atoms with Gasteiger partial charge in [0.05, 0.1) is 0 Å². The van der Waals surface area contributed by atoms with Gasteiger partial charge in [0, 0.05) is 29.6 Å². The molecule has 15 heteroatoms. The Bertz CT molecular complexity index is 1910. The highest BCUT2D eigenvalue weighted by Crippen LogP contribution is 2.26. The Balaban J connectivity index is 1.35. The van der Waals surface area contributed by atoms with E-state index in [-0.39, 0.29) is 48.5 Å². The number of oxazole rings is 2. The molecule has 4 N–H and O–H groups in total. The van der Waals surface area contributed by atoms with Crippen LogP contribution < -0.4 is 21.3 Å². The second kappa shape index (κ2) is 15.2. The van der Waals surface area contributed by atoms with E-state index in [9.17, 15) is 24.0 Å². The van der Waals surface area contributed by atoms with Crippen LogP contribution in [0.15, 0.2) is 76.0 Å². The van der Waals surface area contributed by atoms with Gasteiger partial charge >= 0.3 is 0 Å². The van der Waals surface area contributed by atoms with Gasteiger partial charge in [0.25, 0.3) is 17.7 Å². The summed E-state index contributed by atoms with van der Waals surface area (Å²) in [4.78, 5) is 78.3. The largest absolute Gasteiger partial charge is 0.446 e. The van der Waals surface area contributed by atoms with Crippen molar-refractivity contribution in [1.82, 2.24) is 36.1 Å². The summed E-state index contributed by atoms with van der Waals surface area (Å²) in [7, 11) is 0. The summed E-state index contributed by atoms with van der Waals surface area (Å²) >= 11 is 5.99. The number of nitrogens with zero attached hydrogens (tertiary/aromatic N) is 3. The summed E-state index contributed by atoms with van der Waals surface area (Å²) in [5.41, 5.74) is 1.05. The minimum Gasteiger partial charge on any atom is -0.446 e. The number of benzene rings is 2. The lowest BCUT2D eigenvalue weighted by atomic mass is 10.0. The third kappa shape index (κ3) is 8.28. The molecule has 0 saturated carbocycles. The lowest BCUT2D eigenvalue weighted by Crippen LogP contribution is -2.48. The molecule has 5 atom stereocenters. The van der Waals surface area contributed by atoms with E-state index in [1.165, 1.54) is 17.4 Å². The average molecular weight is 716 g/mol. The zero-order chi connectivity index (χ0) is 36.2. The lowest BCUT2D eigenvalue weighted by Gasteiger charge is -2.25. The third-order valence-corrected chi connectivity index (χ3v) is 9.01. The number of aromatic nitrogens is 2. The molecule has 14 nitrogen and oxygen atoms in total. The Hall–Kier alpha value is -5.50. The van der Waals surface area contributed by atoms with Crippen molar-refractivity contribution >= 4 is 41.1 Å². The van der Waals surface area contributed by atoms with Crippen molar-refractivity contribution < 1.29 is 32.8 Å². The van der Waals surface area contributed by atoms with Gasteiger partial charge in [-0.15, -0.1) is 0 Å². The first-order valence-corrected chi connectivity index (χ1v) is 17.1. The molecular weight excluding hydrogens is 678 g/mol. The molecular formula is C36H38ClN7O7. The van der Waals surface area contributed by atoms with Crippen molar-refractivity contribution in [3.05, 3.63) is 106 Å². The van der Waals surface area contributed by atoms with Crippen LogP contribution in [0.1, 0.15) is 94.4 Å². The minimum atomic E-state index is -1.04. The van der Waals surface area contributed by atoms with E-state index < -0.39 is 59.7 Å². The molecule has 4 bridgehead atoms. The molecule has 0 aliphatic carbocycles. The zero-order valence-corrected chi connectivity index (χ0v) is 29.0. The van der Waals surface area contributed by atoms with Gasteiger partial charge in [0.15, 0.2) is 11.4 Å². The van der Waals surface area contributed by atoms with Gasteiger partial charge in [-0.1, -0.05) is 55.8 Å². The second-order valence-corrected chi connectivity index (χ2v) is 13.6. The Morgan fingerprint density at radius 3 is 2.31 bits per heavy atom. The van der Waals surface area contributed by atoms with E-state index >= 15 is 0 Å². The van der Waals surface area contributed by atoms with Crippen LogP contribution in [-0.4, -0.2) is 69.1 Å². The van der Waals surface area contributed by atoms with Crippen molar-refractivity contribution in [3.8, 4) is 0 Å². The van der Waals surface area contributed by atoms with Gasteiger partial charge in [-0.2, -0.15) is 0 Å². The smallest absolute Gasteiger partial charge is 0.276 e. The van der Waals surface area contributed by atoms with Gasteiger partial charge in [-0.05, 0) is 55.5 Å². The number of nitrogens with one attached hydrogen (secondary N) is 4. The number of hydrogen-bond donors (Lipinski definition) is 4. The number of carbonyl (C=O) groups excluding carboxylic acids is 5. The first-order valence-electron chi connectivity index (χ1n) is 16.7. The van der Waals surface area contributed by atoms with Gasteiger partial charge in [0.1, 0.15) is 36.7 Å². The van der Waals surface area contributed by atoms with Crippen molar-refractivity contribution in [2.75, 3.05) is 6.54 Å². The van der Waals surface area contributed by atoms with Crippen molar-refractivity contribution in [2.24, 2.45) is 5.92 Å². The molecule has 266 valence electrons. The van der Waals surface area contributed by atoms with Crippen LogP contribution in [0.3, 0.4) is 0 Å². The highest BCUT2D eigenvalue weighted by molar-refractivity contribution is 6.30. The first-order chi connectivity index (χ1) is 24.4. The Morgan fingerprint density at radius 2 is 1.59 bits per heavy atom. The molecule has 0 spiro atoms. The maximum atomic E-state index is 14.2. The van der Waals surface area contributed by atoms with Crippen LogP contribution in [0.4, 0.5) is 0 Å². The fourth-order valence-electron chi connectivity index (χ4n) is 6.20. The number of rotatable bonds is 6. The third-order valence-electron chi connectivity index (χ3n) is 8.76. The second-order valence-electron chi connectivity index (χ2n) is 13.2. The maximum absolute atomic E-state index is 14.2. The van der Waals surface area contributed by atoms with Gasteiger partial charge in [-0.3, -0.25) is 24.0 Å². The molecule has 6 rings (SSSR count). The summed E-state index contributed by atoms with van der Waals surface area (Å²) in [6.45, 7) is 5.47. The molecule has 1 fully saturated rings. The van der Waals surface area contributed by atoms with Crippen LogP contribution in [0.5, 0.6) is 0 Å². The van der Waals surface area contributed by atoms with E-state index in [0.717, 1.165) is 5.56 Å². The molecule has 4 aromatic rings.